The molecule has 5 nitrogen and oxygen atoms in total. The molecule has 0 bridgehead atoms. The molecular formula is C21H24N2O3S. The number of benzene rings is 3. The molecule has 0 aromatic heterocycles. The second-order valence-electron chi connectivity index (χ2n) is 6.55. The van der Waals surface area contributed by atoms with Crippen LogP contribution in [0, 0.1) is 0 Å². The van der Waals surface area contributed by atoms with Crippen LogP contribution in [-0.4, -0.2) is 41.1 Å². The molecule has 0 amide bonds. The molecule has 0 saturated carbocycles. The summed E-state index contributed by atoms with van der Waals surface area (Å²) < 4.78 is 34.2. The number of hydrogen-bond acceptors (Lipinski definition) is 4. The Hall–Kier alpha value is -2.41. The van der Waals surface area contributed by atoms with Crippen LogP contribution in [0.5, 0.6) is 5.75 Å². The van der Waals surface area contributed by atoms with Crippen molar-refractivity contribution in [2.24, 2.45) is 0 Å². The van der Waals surface area contributed by atoms with E-state index >= 15 is 0 Å². The monoisotopic (exact) mass is 384 g/mol. The van der Waals surface area contributed by atoms with Gasteiger partial charge in [-0.25, -0.2) is 13.1 Å². The van der Waals surface area contributed by atoms with E-state index in [1.807, 2.05) is 67.5 Å². The van der Waals surface area contributed by atoms with E-state index in [0.717, 1.165) is 10.9 Å². The molecule has 3 aromatic carbocycles. The van der Waals surface area contributed by atoms with Crippen molar-refractivity contribution in [3.8, 4) is 5.75 Å². The Morgan fingerprint density at radius 1 is 0.926 bits per heavy atom. The van der Waals surface area contributed by atoms with Crippen molar-refractivity contribution in [3.05, 3.63) is 72.3 Å². The van der Waals surface area contributed by atoms with E-state index in [1.165, 1.54) is 0 Å². The largest absolute Gasteiger partial charge is 0.496 e. The number of hydrogen-bond donors (Lipinski definition) is 1. The van der Waals surface area contributed by atoms with Gasteiger partial charge in [0.05, 0.1) is 12.0 Å². The molecule has 0 spiro atoms. The molecule has 3 aromatic rings. The number of nitrogens with one attached hydrogen (secondary N) is 1. The van der Waals surface area contributed by atoms with Crippen LogP contribution >= 0.6 is 0 Å². The third-order valence-corrected chi connectivity index (χ3v) is 6.11. The van der Waals surface area contributed by atoms with Gasteiger partial charge in [-0.1, -0.05) is 54.6 Å². The summed E-state index contributed by atoms with van der Waals surface area (Å²) in [6.45, 7) is 0.277. The normalized spacial score (nSPS) is 13.0. The van der Waals surface area contributed by atoms with Gasteiger partial charge in [-0.2, -0.15) is 0 Å². The molecule has 1 N–H and O–H groups in total. The van der Waals surface area contributed by atoms with Gasteiger partial charge in [0.1, 0.15) is 5.75 Å². The Morgan fingerprint density at radius 3 is 2.19 bits per heavy atom. The maximum absolute atomic E-state index is 13.0. The predicted molar refractivity (Wildman–Crippen MR) is 109 cm³/mol. The van der Waals surface area contributed by atoms with E-state index in [4.69, 9.17) is 4.74 Å². The number of nitrogens with zero attached hydrogens (tertiary/aromatic N) is 1. The van der Waals surface area contributed by atoms with Gasteiger partial charge in [0, 0.05) is 23.4 Å². The summed E-state index contributed by atoms with van der Waals surface area (Å²) >= 11 is 0. The molecule has 27 heavy (non-hydrogen) atoms. The molecule has 0 fully saturated rings. The third-order valence-electron chi connectivity index (χ3n) is 4.63. The van der Waals surface area contributed by atoms with Gasteiger partial charge in [0.15, 0.2) is 0 Å². The van der Waals surface area contributed by atoms with E-state index in [-0.39, 0.29) is 17.5 Å². The second kappa shape index (κ2) is 8.08. The van der Waals surface area contributed by atoms with E-state index < -0.39 is 10.0 Å². The van der Waals surface area contributed by atoms with Crippen LogP contribution in [0.2, 0.25) is 0 Å². The smallest absolute Gasteiger partial charge is 0.241 e. The van der Waals surface area contributed by atoms with Crippen LogP contribution in [0.25, 0.3) is 10.8 Å². The molecule has 142 valence electrons. The highest BCUT2D eigenvalue weighted by Crippen LogP contribution is 2.31. The summed E-state index contributed by atoms with van der Waals surface area (Å²) in [6.07, 6.45) is 0. The quantitative estimate of drug-likeness (QED) is 0.678. The zero-order valence-electron chi connectivity index (χ0n) is 15.7. The standard InChI is InChI=1S/C21H24N2O3S/c1-23(2)19(16-9-5-4-6-10-16)15-22-27(24,25)21-14-13-20(26-3)17-11-7-8-12-18(17)21/h4-14,19,22H,15H2,1-3H3. The molecule has 0 aliphatic carbocycles. The van der Waals surface area contributed by atoms with Crippen LogP contribution in [-0.2, 0) is 10.0 Å². The first-order chi connectivity index (χ1) is 12.9. The molecule has 1 atom stereocenters. The molecule has 1 unspecified atom stereocenters. The first-order valence-corrected chi connectivity index (χ1v) is 10.2. The van der Waals surface area contributed by atoms with Gasteiger partial charge in [-0.3, -0.25) is 0 Å². The van der Waals surface area contributed by atoms with Crippen molar-refractivity contribution in [1.29, 1.82) is 0 Å². The molecule has 6 heteroatoms. The Kier molecular flexibility index (Phi) is 5.79. The second-order valence-corrected chi connectivity index (χ2v) is 8.29. The Balaban J connectivity index is 1.92. The lowest BCUT2D eigenvalue weighted by Crippen LogP contribution is -2.34. The van der Waals surface area contributed by atoms with Crippen molar-refractivity contribution >= 4 is 20.8 Å². The van der Waals surface area contributed by atoms with Crippen LogP contribution in [0.3, 0.4) is 0 Å². The molecule has 0 saturated heterocycles. The van der Waals surface area contributed by atoms with Crippen molar-refractivity contribution in [3.63, 3.8) is 0 Å². The minimum Gasteiger partial charge on any atom is -0.496 e. The molecule has 0 radical (unpaired) electrons. The summed E-state index contributed by atoms with van der Waals surface area (Å²) in [5.74, 6) is 0.653. The predicted octanol–water partition coefficient (Wildman–Crippen LogP) is 3.43. The summed E-state index contributed by atoms with van der Waals surface area (Å²) in [6, 6.07) is 20.4. The lowest BCUT2D eigenvalue weighted by Gasteiger charge is -2.25. The van der Waals surface area contributed by atoms with Crippen molar-refractivity contribution in [1.82, 2.24) is 9.62 Å². The fourth-order valence-electron chi connectivity index (χ4n) is 3.20. The summed E-state index contributed by atoms with van der Waals surface area (Å²) in [4.78, 5) is 2.26. The lowest BCUT2D eigenvalue weighted by atomic mass is 10.1. The van der Waals surface area contributed by atoms with Gasteiger partial charge in [0.2, 0.25) is 10.0 Å². The van der Waals surface area contributed by atoms with Gasteiger partial charge in [-0.05, 0) is 31.8 Å². The number of rotatable bonds is 7. The average Bonchev–Trinajstić information content (AvgIpc) is 2.67. The minimum absolute atomic E-state index is 0.0644. The molecule has 0 aliphatic heterocycles. The van der Waals surface area contributed by atoms with Gasteiger partial charge in [0.25, 0.3) is 0 Å². The van der Waals surface area contributed by atoms with Crippen molar-refractivity contribution < 1.29 is 13.2 Å². The summed E-state index contributed by atoms with van der Waals surface area (Å²) in [7, 11) is 1.78. The van der Waals surface area contributed by atoms with E-state index in [0.29, 0.717) is 11.1 Å². The minimum atomic E-state index is -3.68. The Labute approximate surface area is 160 Å². The SMILES string of the molecule is COc1ccc(S(=O)(=O)NCC(c2ccccc2)N(C)C)c2ccccc12. The molecule has 0 aliphatic rings. The lowest BCUT2D eigenvalue weighted by molar-refractivity contribution is 0.299. The number of sulfonamides is 1. The summed E-state index contributed by atoms with van der Waals surface area (Å²) in [5.41, 5.74) is 1.06. The first kappa shape index (κ1) is 19.4. The zero-order valence-corrected chi connectivity index (χ0v) is 16.5. The highest BCUT2D eigenvalue weighted by atomic mass is 32.2. The van der Waals surface area contributed by atoms with E-state index in [2.05, 4.69) is 4.72 Å². The van der Waals surface area contributed by atoms with Crippen LogP contribution in [0.4, 0.5) is 0 Å². The van der Waals surface area contributed by atoms with E-state index in [9.17, 15) is 8.42 Å². The fourth-order valence-corrected chi connectivity index (χ4v) is 4.44. The third kappa shape index (κ3) is 4.13. The number of fused-ring (bicyclic) bond motifs is 1. The number of likely N-dealkylation sites (N-methyl/N-ethyl adjacent to an activating group) is 1. The zero-order chi connectivity index (χ0) is 19.4. The molecule has 0 heterocycles. The molecule has 3 rings (SSSR count). The maximum Gasteiger partial charge on any atom is 0.241 e. The van der Waals surface area contributed by atoms with E-state index in [1.54, 1.807) is 25.3 Å². The summed E-state index contributed by atoms with van der Waals surface area (Å²) in [5, 5.41) is 1.42. The Bertz CT molecular complexity index is 1020. The van der Waals surface area contributed by atoms with Gasteiger partial charge < -0.3 is 9.64 Å². The van der Waals surface area contributed by atoms with Crippen LogP contribution in [0.1, 0.15) is 11.6 Å². The first-order valence-electron chi connectivity index (χ1n) is 8.71. The number of ether oxygens (including phenoxy) is 1. The van der Waals surface area contributed by atoms with Gasteiger partial charge >= 0.3 is 0 Å². The Morgan fingerprint density at radius 2 is 1.56 bits per heavy atom. The highest BCUT2D eigenvalue weighted by molar-refractivity contribution is 7.89. The van der Waals surface area contributed by atoms with Crippen LogP contribution < -0.4 is 9.46 Å². The van der Waals surface area contributed by atoms with Crippen molar-refractivity contribution in [2.45, 2.75) is 10.9 Å². The average molecular weight is 385 g/mol. The highest BCUT2D eigenvalue weighted by Gasteiger charge is 2.22. The number of methoxy groups -OCH3 is 1. The fraction of sp³-hybridized carbons (Fsp3) is 0.238. The molecular weight excluding hydrogens is 360 g/mol. The topological polar surface area (TPSA) is 58.6 Å². The van der Waals surface area contributed by atoms with Gasteiger partial charge in [-0.15, -0.1) is 0 Å². The van der Waals surface area contributed by atoms with Crippen molar-refractivity contribution in [2.75, 3.05) is 27.7 Å². The maximum atomic E-state index is 13.0. The van der Waals surface area contributed by atoms with Crippen LogP contribution in [0.15, 0.2) is 71.6 Å².